The van der Waals surface area contributed by atoms with Crippen LogP contribution in [0.2, 0.25) is 0 Å². The van der Waals surface area contributed by atoms with E-state index in [1.807, 2.05) is 0 Å². The molecule has 3 aliphatic rings. The fourth-order valence-electron chi connectivity index (χ4n) is 3.12. The van der Waals surface area contributed by atoms with E-state index in [1.54, 1.807) is 0 Å². The van der Waals surface area contributed by atoms with E-state index in [-0.39, 0.29) is 5.92 Å². The second-order valence-corrected chi connectivity index (χ2v) is 3.97. The average Bonchev–Trinajstić information content (AvgIpc) is 2.44. The van der Waals surface area contributed by atoms with Crippen molar-refractivity contribution in [3.05, 3.63) is 12.2 Å². The number of carboxylic acids is 1. The van der Waals surface area contributed by atoms with Crippen LogP contribution in [0, 0.1) is 29.6 Å². The largest absolute Gasteiger partial charge is 0.481 e. The lowest BCUT2D eigenvalue weighted by Gasteiger charge is -2.03. The monoisotopic (exact) mass is 150 g/mol. The molecule has 0 unspecified atom stereocenters. The molecule has 2 saturated carbocycles. The van der Waals surface area contributed by atoms with E-state index >= 15 is 0 Å². The maximum atomic E-state index is 10.7. The first kappa shape index (κ1) is 5.81. The van der Waals surface area contributed by atoms with Crippen LogP contribution >= 0.6 is 0 Å². The zero-order valence-electron chi connectivity index (χ0n) is 6.10. The van der Waals surface area contributed by atoms with Gasteiger partial charge in [0.2, 0.25) is 0 Å². The first-order chi connectivity index (χ1) is 5.29. The zero-order valence-corrected chi connectivity index (χ0v) is 6.10. The minimum atomic E-state index is -0.571. The number of carbonyl (C=O) groups is 1. The lowest BCUT2D eigenvalue weighted by atomic mass is 10.0. The van der Waals surface area contributed by atoms with Crippen molar-refractivity contribution in [3.63, 3.8) is 0 Å². The molecule has 11 heavy (non-hydrogen) atoms. The zero-order chi connectivity index (χ0) is 7.59. The first-order valence-corrected chi connectivity index (χ1v) is 4.20. The topological polar surface area (TPSA) is 37.3 Å². The molecule has 0 aromatic rings. The van der Waals surface area contributed by atoms with E-state index in [1.165, 1.54) is 6.42 Å². The van der Waals surface area contributed by atoms with Crippen molar-refractivity contribution in [3.8, 4) is 0 Å². The van der Waals surface area contributed by atoms with Gasteiger partial charge in [0.25, 0.3) is 0 Å². The van der Waals surface area contributed by atoms with E-state index in [0.717, 1.165) is 0 Å². The average molecular weight is 150 g/mol. The van der Waals surface area contributed by atoms with Gasteiger partial charge in [-0.1, -0.05) is 12.2 Å². The third kappa shape index (κ3) is 0.525. The standard InChI is InChI=1S/C9H10O2/c10-9(11)8-6-4-1-2-5(3-4)7(6)8/h1-2,4-8H,3H2,(H,10,11)/t4-,5-,6-,7-/m0/s1. The predicted molar refractivity (Wildman–Crippen MR) is 38.8 cm³/mol. The fourth-order valence-corrected chi connectivity index (χ4v) is 3.12. The summed E-state index contributed by atoms with van der Waals surface area (Å²) in [6.07, 6.45) is 5.67. The predicted octanol–water partition coefficient (Wildman–Crippen LogP) is 1.14. The second-order valence-electron chi connectivity index (χ2n) is 3.97. The molecule has 2 heteroatoms. The molecule has 58 valence electrons. The summed E-state index contributed by atoms with van der Waals surface area (Å²) in [5, 5.41) is 8.79. The van der Waals surface area contributed by atoms with Crippen LogP contribution < -0.4 is 0 Å². The molecule has 3 rings (SSSR count). The Morgan fingerprint density at radius 2 is 1.82 bits per heavy atom. The Hall–Kier alpha value is -0.790. The molecule has 2 nitrogen and oxygen atoms in total. The summed E-state index contributed by atoms with van der Waals surface area (Å²) < 4.78 is 0. The quantitative estimate of drug-likeness (QED) is 0.569. The number of rotatable bonds is 1. The van der Waals surface area contributed by atoms with Gasteiger partial charge in [-0.3, -0.25) is 4.79 Å². The van der Waals surface area contributed by atoms with Crippen LogP contribution in [-0.4, -0.2) is 11.1 Å². The van der Waals surface area contributed by atoms with E-state index in [2.05, 4.69) is 12.2 Å². The Labute approximate surface area is 64.9 Å². The first-order valence-electron chi connectivity index (χ1n) is 4.20. The van der Waals surface area contributed by atoms with E-state index < -0.39 is 5.97 Å². The number of allylic oxidation sites excluding steroid dienone is 2. The molecule has 0 aromatic heterocycles. The van der Waals surface area contributed by atoms with Crippen molar-refractivity contribution in [2.75, 3.05) is 0 Å². The minimum absolute atomic E-state index is 0.00810. The summed E-state index contributed by atoms with van der Waals surface area (Å²) >= 11 is 0. The minimum Gasteiger partial charge on any atom is -0.481 e. The summed E-state index contributed by atoms with van der Waals surface area (Å²) in [4.78, 5) is 10.7. The second kappa shape index (κ2) is 1.52. The number of carboxylic acid groups (broad SMARTS) is 1. The van der Waals surface area contributed by atoms with Gasteiger partial charge in [-0.15, -0.1) is 0 Å². The molecule has 0 saturated heterocycles. The molecule has 2 bridgehead atoms. The third-order valence-electron chi connectivity index (χ3n) is 3.56. The van der Waals surface area contributed by atoms with Gasteiger partial charge in [0.15, 0.2) is 0 Å². The van der Waals surface area contributed by atoms with Crippen molar-refractivity contribution in [1.29, 1.82) is 0 Å². The molecule has 0 heterocycles. The van der Waals surface area contributed by atoms with Crippen LogP contribution in [0.5, 0.6) is 0 Å². The van der Waals surface area contributed by atoms with Gasteiger partial charge < -0.3 is 5.11 Å². The molecule has 3 aliphatic carbocycles. The Morgan fingerprint density at radius 1 is 1.27 bits per heavy atom. The van der Waals surface area contributed by atoms with E-state index in [0.29, 0.717) is 23.7 Å². The maximum Gasteiger partial charge on any atom is 0.307 e. The van der Waals surface area contributed by atoms with Crippen molar-refractivity contribution in [2.45, 2.75) is 6.42 Å². The van der Waals surface area contributed by atoms with Gasteiger partial charge in [0, 0.05) is 0 Å². The summed E-state index contributed by atoms with van der Waals surface area (Å²) in [6.45, 7) is 0. The lowest BCUT2D eigenvalue weighted by Crippen LogP contribution is -2.08. The summed E-state index contributed by atoms with van der Waals surface area (Å²) in [6, 6.07) is 0. The van der Waals surface area contributed by atoms with E-state index in [4.69, 9.17) is 5.11 Å². The summed E-state index contributed by atoms with van der Waals surface area (Å²) in [7, 11) is 0. The van der Waals surface area contributed by atoms with Crippen molar-refractivity contribution in [1.82, 2.24) is 0 Å². The molecule has 4 atom stereocenters. The third-order valence-corrected chi connectivity index (χ3v) is 3.56. The van der Waals surface area contributed by atoms with Gasteiger partial charge >= 0.3 is 5.97 Å². The van der Waals surface area contributed by atoms with Crippen molar-refractivity contribution < 1.29 is 9.90 Å². The molecule has 0 amide bonds. The molecule has 0 spiro atoms. The van der Waals surface area contributed by atoms with Crippen molar-refractivity contribution in [2.24, 2.45) is 29.6 Å². The van der Waals surface area contributed by atoms with Gasteiger partial charge in [-0.05, 0) is 30.1 Å². The fraction of sp³-hybridized carbons (Fsp3) is 0.667. The molecule has 0 aliphatic heterocycles. The highest BCUT2D eigenvalue weighted by Crippen LogP contribution is 2.66. The van der Waals surface area contributed by atoms with Gasteiger partial charge in [0.1, 0.15) is 0 Å². The number of hydrogen-bond acceptors (Lipinski definition) is 1. The van der Waals surface area contributed by atoms with E-state index in [9.17, 15) is 4.79 Å². The molecule has 0 radical (unpaired) electrons. The van der Waals surface area contributed by atoms with Crippen molar-refractivity contribution >= 4 is 5.97 Å². The smallest absolute Gasteiger partial charge is 0.307 e. The number of hydrogen-bond donors (Lipinski definition) is 1. The molecule has 0 aromatic carbocycles. The summed E-state index contributed by atoms with van der Waals surface area (Å²) in [5.74, 6) is 1.70. The van der Waals surface area contributed by atoms with Crippen LogP contribution in [0.4, 0.5) is 0 Å². The normalized spacial score (nSPS) is 56.2. The molecular formula is C9H10O2. The summed E-state index contributed by atoms with van der Waals surface area (Å²) in [5.41, 5.74) is 0. The molecule has 2 fully saturated rings. The molecule has 1 N–H and O–H groups in total. The van der Waals surface area contributed by atoms with Crippen LogP contribution in [0.1, 0.15) is 6.42 Å². The van der Waals surface area contributed by atoms with Gasteiger partial charge in [-0.25, -0.2) is 0 Å². The van der Waals surface area contributed by atoms with Crippen LogP contribution in [-0.2, 0) is 4.79 Å². The Balaban J connectivity index is 1.90. The Morgan fingerprint density at radius 3 is 2.27 bits per heavy atom. The van der Waals surface area contributed by atoms with Crippen LogP contribution in [0.25, 0.3) is 0 Å². The highest BCUT2D eigenvalue weighted by molar-refractivity contribution is 5.75. The maximum absolute atomic E-state index is 10.7. The number of aliphatic carboxylic acids is 1. The van der Waals surface area contributed by atoms with Crippen LogP contribution in [0.3, 0.4) is 0 Å². The highest BCUT2D eigenvalue weighted by Gasteiger charge is 2.66. The molecular weight excluding hydrogens is 140 g/mol. The van der Waals surface area contributed by atoms with Gasteiger partial charge in [0.05, 0.1) is 5.92 Å². The van der Waals surface area contributed by atoms with Gasteiger partial charge in [-0.2, -0.15) is 0 Å². The lowest BCUT2D eigenvalue weighted by molar-refractivity contribution is -0.139. The highest BCUT2D eigenvalue weighted by atomic mass is 16.4. The SMILES string of the molecule is O=C(O)C1[C@@H]2[C@@H]1[C@H]1C=C[C@H]2C1. The van der Waals surface area contributed by atoms with Crippen LogP contribution in [0.15, 0.2) is 12.2 Å². The number of fused-ring (bicyclic) bond motifs is 5. The Kier molecular flexibility index (Phi) is 0.803. The Bertz CT molecular complexity index is 238.